The Bertz CT molecular complexity index is 211. The lowest BCUT2D eigenvalue weighted by Gasteiger charge is -2.15. The number of hydrogen-bond acceptors (Lipinski definition) is 3. The summed E-state index contributed by atoms with van der Waals surface area (Å²) in [6.07, 6.45) is 5.61. The molecule has 0 aromatic heterocycles. The molecule has 0 heterocycles. The zero-order chi connectivity index (χ0) is 16.5. The number of hydrogen-bond donors (Lipinski definition) is 2. The average Bonchev–Trinajstić information content (AvgIpc) is 2.43. The summed E-state index contributed by atoms with van der Waals surface area (Å²) >= 11 is 1.85. The molecule has 2 N–H and O–H groups in total. The fourth-order valence-electron chi connectivity index (χ4n) is 1.44. The molecule has 1 unspecified atom stereocenters. The van der Waals surface area contributed by atoms with Crippen molar-refractivity contribution in [3.8, 4) is 0 Å². The van der Waals surface area contributed by atoms with Crippen molar-refractivity contribution in [3.05, 3.63) is 0 Å². The molecule has 0 saturated heterocycles. The van der Waals surface area contributed by atoms with Crippen LogP contribution in [0.2, 0.25) is 0 Å². The third-order valence-electron chi connectivity index (χ3n) is 3.39. The first-order chi connectivity index (χ1) is 9.95. The summed E-state index contributed by atoms with van der Waals surface area (Å²) in [5.41, 5.74) is 0. The Balaban J connectivity index is 0. The first kappa shape index (κ1) is 23.1. The zero-order valence-corrected chi connectivity index (χ0v) is 15.9. The number of rotatable bonds is 12. The van der Waals surface area contributed by atoms with E-state index in [9.17, 15) is 4.79 Å². The highest BCUT2D eigenvalue weighted by molar-refractivity contribution is 7.97. The fourth-order valence-corrected chi connectivity index (χ4v) is 2.17. The minimum Gasteiger partial charge on any atom is -0.359 e. The molecule has 128 valence electrons. The highest BCUT2D eigenvalue weighted by Crippen LogP contribution is 2.09. The molecule has 0 aliphatic heterocycles. The maximum absolute atomic E-state index is 9.79. The van der Waals surface area contributed by atoms with Crippen molar-refractivity contribution in [2.24, 2.45) is 17.8 Å². The van der Waals surface area contributed by atoms with E-state index in [4.69, 9.17) is 0 Å². The van der Waals surface area contributed by atoms with Gasteiger partial charge in [-0.15, -0.1) is 0 Å². The second-order valence-electron chi connectivity index (χ2n) is 6.38. The summed E-state index contributed by atoms with van der Waals surface area (Å²) in [6.45, 7) is 15.5. The van der Waals surface area contributed by atoms with Crippen molar-refractivity contribution in [2.45, 2.75) is 67.2 Å². The molecule has 4 heteroatoms. The Hall–Kier alpha value is -0.220. The Kier molecular flexibility index (Phi) is 19.6. The lowest BCUT2D eigenvalue weighted by atomic mass is 9.99. The van der Waals surface area contributed by atoms with Crippen LogP contribution in [0.15, 0.2) is 0 Å². The van der Waals surface area contributed by atoms with E-state index in [0.717, 1.165) is 43.7 Å². The minimum absolute atomic E-state index is 0.759. The van der Waals surface area contributed by atoms with E-state index in [1.54, 1.807) is 0 Å². The molecule has 3 nitrogen and oxygen atoms in total. The van der Waals surface area contributed by atoms with Crippen molar-refractivity contribution in [1.82, 2.24) is 10.0 Å². The van der Waals surface area contributed by atoms with Crippen LogP contribution in [-0.2, 0) is 4.79 Å². The van der Waals surface area contributed by atoms with Gasteiger partial charge in [-0.2, -0.15) is 0 Å². The van der Waals surface area contributed by atoms with Crippen LogP contribution < -0.4 is 10.0 Å². The smallest absolute Gasteiger partial charge is 0.207 e. The van der Waals surface area contributed by atoms with Crippen LogP contribution in [0.3, 0.4) is 0 Å². The largest absolute Gasteiger partial charge is 0.359 e. The van der Waals surface area contributed by atoms with E-state index in [1.165, 1.54) is 25.0 Å². The van der Waals surface area contributed by atoms with Crippen LogP contribution in [0.5, 0.6) is 0 Å². The van der Waals surface area contributed by atoms with E-state index in [2.05, 4.69) is 51.6 Å². The molecule has 0 aliphatic carbocycles. The molecule has 0 aliphatic rings. The van der Waals surface area contributed by atoms with Gasteiger partial charge in [0.05, 0.1) is 0 Å². The Labute approximate surface area is 137 Å². The van der Waals surface area contributed by atoms with Crippen LogP contribution in [0, 0.1) is 17.8 Å². The molecule has 0 radical (unpaired) electrons. The van der Waals surface area contributed by atoms with Crippen molar-refractivity contribution >= 4 is 18.4 Å². The molecule has 1 amide bonds. The SMILES string of the molecule is CC(C)CCCCNC=O.CCCSNCC(C)C(C)C. The first-order valence-electron chi connectivity index (χ1n) is 8.47. The molecule has 1 atom stereocenters. The molecule has 0 bridgehead atoms. The lowest BCUT2D eigenvalue weighted by molar-refractivity contribution is -0.109. The quantitative estimate of drug-likeness (QED) is 0.316. The highest BCUT2D eigenvalue weighted by atomic mass is 32.2. The molecule has 0 spiro atoms. The number of amides is 1. The van der Waals surface area contributed by atoms with Gasteiger partial charge >= 0.3 is 0 Å². The van der Waals surface area contributed by atoms with Crippen LogP contribution >= 0.6 is 11.9 Å². The zero-order valence-electron chi connectivity index (χ0n) is 15.1. The lowest BCUT2D eigenvalue weighted by Crippen LogP contribution is -2.19. The Morgan fingerprint density at radius 1 is 1.10 bits per heavy atom. The van der Waals surface area contributed by atoms with Gasteiger partial charge < -0.3 is 5.32 Å². The Morgan fingerprint density at radius 3 is 2.24 bits per heavy atom. The van der Waals surface area contributed by atoms with Gasteiger partial charge in [0.1, 0.15) is 0 Å². The highest BCUT2D eigenvalue weighted by Gasteiger charge is 2.05. The first-order valence-corrected chi connectivity index (χ1v) is 9.45. The molecule has 0 fully saturated rings. The monoisotopic (exact) mass is 318 g/mol. The fraction of sp³-hybridized carbons (Fsp3) is 0.941. The van der Waals surface area contributed by atoms with Gasteiger partial charge in [-0.25, -0.2) is 0 Å². The van der Waals surface area contributed by atoms with Gasteiger partial charge in [0.2, 0.25) is 6.41 Å². The molecule has 21 heavy (non-hydrogen) atoms. The third kappa shape index (κ3) is 22.2. The van der Waals surface area contributed by atoms with Crippen molar-refractivity contribution in [1.29, 1.82) is 0 Å². The van der Waals surface area contributed by atoms with E-state index in [1.807, 2.05) is 11.9 Å². The van der Waals surface area contributed by atoms with Crippen molar-refractivity contribution in [2.75, 3.05) is 18.8 Å². The number of carbonyl (C=O) groups is 1. The van der Waals surface area contributed by atoms with Crippen LogP contribution in [0.1, 0.15) is 67.2 Å². The predicted octanol–water partition coefficient (Wildman–Crippen LogP) is 4.49. The topological polar surface area (TPSA) is 41.1 Å². The van der Waals surface area contributed by atoms with Gasteiger partial charge in [-0.3, -0.25) is 9.52 Å². The minimum atomic E-state index is 0.759. The molecule has 0 aromatic rings. The number of unbranched alkanes of at least 4 members (excludes halogenated alkanes) is 1. The summed E-state index contributed by atoms with van der Waals surface area (Å²) in [4.78, 5) is 9.79. The van der Waals surface area contributed by atoms with Gasteiger partial charge in [0, 0.05) is 18.8 Å². The molecule has 0 rings (SSSR count). The maximum atomic E-state index is 9.79. The molecular weight excluding hydrogens is 280 g/mol. The number of carbonyl (C=O) groups excluding carboxylic acids is 1. The van der Waals surface area contributed by atoms with Gasteiger partial charge in [0.25, 0.3) is 0 Å². The van der Waals surface area contributed by atoms with Crippen LogP contribution in [0.25, 0.3) is 0 Å². The van der Waals surface area contributed by atoms with Gasteiger partial charge in [0.15, 0.2) is 0 Å². The van der Waals surface area contributed by atoms with Crippen molar-refractivity contribution in [3.63, 3.8) is 0 Å². The second kappa shape index (κ2) is 17.8. The van der Waals surface area contributed by atoms with Gasteiger partial charge in [-0.1, -0.05) is 66.3 Å². The molecular formula is C17H38N2OS. The summed E-state index contributed by atoms with van der Waals surface area (Å²) in [7, 11) is 0. The average molecular weight is 319 g/mol. The van der Waals surface area contributed by atoms with Crippen molar-refractivity contribution < 1.29 is 4.79 Å². The summed E-state index contributed by atoms with van der Waals surface area (Å²) < 4.78 is 3.38. The standard InChI is InChI=1S/C9H21NS.C8H17NO/c1-5-6-11-10-7-9(4)8(2)3;1-8(2)5-3-4-6-9-7-10/h8-10H,5-7H2,1-4H3;7-8H,3-6H2,1-2H3,(H,9,10). The van der Waals surface area contributed by atoms with E-state index >= 15 is 0 Å². The van der Waals surface area contributed by atoms with Gasteiger partial charge in [-0.05, 0) is 30.6 Å². The third-order valence-corrected chi connectivity index (χ3v) is 4.37. The molecule has 0 saturated carbocycles. The Morgan fingerprint density at radius 2 is 1.76 bits per heavy atom. The van der Waals surface area contributed by atoms with Crippen LogP contribution in [-0.4, -0.2) is 25.3 Å². The maximum Gasteiger partial charge on any atom is 0.207 e. The summed E-state index contributed by atoms with van der Waals surface area (Å²) in [5, 5.41) is 2.64. The van der Waals surface area contributed by atoms with E-state index in [-0.39, 0.29) is 0 Å². The second-order valence-corrected chi connectivity index (χ2v) is 7.37. The van der Waals surface area contributed by atoms with E-state index in [0.29, 0.717) is 0 Å². The predicted molar refractivity (Wildman–Crippen MR) is 97.5 cm³/mol. The van der Waals surface area contributed by atoms with Crippen LogP contribution in [0.4, 0.5) is 0 Å². The number of nitrogens with one attached hydrogen (secondary N) is 2. The normalized spacial score (nSPS) is 12.0. The van der Waals surface area contributed by atoms with E-state index < -0.39 is 0 Å². The molecule has 0 aromatic carbocycles. The summed E-state index contributed by atoms with van der Waals surface area (Å²) in [5.74, 6) is 3.60. The summed E-state index contributed by atoms with van der Waals surface area (Å²) in [6, 6.07) is 0.